The molecule has 12 heavy (non-hydrogen) atoms. The van der Waals surface area contributed by atoms with Gasteiger partial charge in [0.15, 0.2) is 0 Å². The summed E-state index contributed by atoms with van der Waals surface area (Å²) < 4.78 is 0. The molecule has 62 valence electrons. The Balaban J connectivity index is 2.88. The van der Waals surface area contributed by atoms with Gasteiger partial charge in [0.25, 0.3) is 0 Å². The average Bonchev–Trinajstić information content (AvgIpc) is 1.83. The minimum Gasteiger partial charge on any atom is -0.280 e. The molecule has 0 radical (unpaired) electrons. The first-order valence-corrected chi connectivity index (χ1v) is 5.27. The minimum absolute atomic E-state index is 0.103. The first-order chi connectivity index (χ1) is 5.40. The summed E-state index contributed by atoms with van der Waals surface area (Å²) in [5.74, 6) is 1.95. The van der Waals surface area contributed by atoms with Crippen LogP contribution in [0.2, 0.25) is 0 Å². The van der Waals surface area contributed by atoms with Gasteiger partial charge >= 0.3 is 0 Å². The molecule has 0 aromatic rings. The van der Waals surface area contributed by atoms with Crippen LogP contribution in [0.15, 0.2) is 5.29 Å². The topological polar surface area (TPSA) is 32.7 Å². The standard InChI is InChI=1S/C4H12B4N2OS/c5-3(6)1-12-2-4(7,8)10(3)9-11/h1-2,5-8H2. The maximum absolute atomic E-state index is 10.7. The molecule has 1 aliphatic heterocycles. The second-order valence-corrected chi connectivity index (χ2v) is 5.50. The van der Waals surface area contributed by atoms with E-state index in [-0.39, 0.29) is 10.7 Å². The second kappa shape index (κ2) is 3.05. The van der Waals surface area contributed by atoms with Gasteiger partial charge in [-0.1, -0.05) is 0 Å². The molecule has 0 unspecified atom stereocenters. The Morgan fingerprint density at radius 2 is 1.58 bits per heavy atom. The van der Waals surface area contributed by atoms with E-state index in [4.69, 9.17) is 0 Å². The number of hydrogen-bond acceptors (Lipinski definition) is 3. The van der Waals surface area contributed by atoms with Crippen molar-refractivity contribution in [2.24, 2.45) is 5.29 Å². The quantitative estimate of drug-likeness (QED) is 0.310. The van der Waals surface area contributed by atoms with Crippen molar-refractivity contribution in [2.75, 3.05) is 11.5 Å². The summed E-state index contributed by atoms with van der Waals surface area (Å²) in [4.78, 5) is 10.7. The zero-order valence-corrected chi connectivity index (χ0v) is 8.94. The van der Waals surface area contributed by atoms with E-state index in [9.17, 15) is 4.91 Å². The highest BCUT2D eigenvalue weighted by molar-refractivity contribution is 7.99. The molecule has 0 saturated carbocycles. The third-order valence-corrected chi connectivity index (χ3v) is 3.96. The van der Waals surface area contributed by atoms with Crippen molar-refractivity contribution < 1.29 is 0 Å². The van der Waals surface area contributed by atoms with Crippen molar-refractivity contribution >= 4 is 43.1 Å². The van der Waals surface area contributed by atoms with Crippen molar-refractivity contribution in [3.63, 3.8) is 0 Å². The smallest absolute Gasteiger partial charge is 0.127 e. The van der Waals surface area contributed by atoms with Crippen LogP contribution in [-0.2, 0) is 0 Å². The van der Waals surface area contributed by atoms with Crippen LogP contribution in [0.5, 0.6) is 0 Å². The zero-order valence-electron chi connectivity index (χ0n) is 8.13. The predicted octanol–water partition coefficient (Wildman–Crippen LogP) is -3.44. The van der Waals surface area contributed by atoms with Crippen LogP contribution in [0.1, 0.15) is 0 Å². The lowest BCUT2D eigenvalue weighted by Gasteiger charge is -2.49. The van der Waals surface area contributed by atoms with Crippen LogP contribution in [0, 0.1) is 4.91 Å². The molecule has 0 aliphatic carbocycles. The average molecular weight is 179 g/mol. The van der Waals surface area contributed by atoms with Gasteiger partial charge in [0.2, 0.25) is 0 Å². The highest BCUT2D eigenvalue weighted by Crippen LogP contribution is 2.30. The number of nitrogens with zero attached hydrogens (tertiary/aromatic N) is 2. The predicted molar refractivity (Wildman–Crippen MR) is 64.6 cm³/mol. The second-order valence-electron chi connectivity index (χ2n) is 4.51. The molecule has 0 amide bonds. The van der Waals surface area contributed by atoms with Gasteiger partial charge in [0.1, 0.15) is 31.4 Å². The van der Waals surface area contributed by atoms with Gasteiger partial charge in [-0.25, -0.2) is 0 Å². The molecule has 0 aromatic heterocycles. The van der Waals surface area contributed by atoms with Crippen molar-refractivity contribution in [2.45, 2.75) is 10.7 Å². The van der Waals surface area contributed by atoms with Gasteiger partial charge in [-0.05, 0) is 0 Å². The van der Waals surface area contributed by atoms with Crippen LogP contribution in [0.3, 0.4) is 0 Å². The van der Waals surface area contributed by atoms with Gasteiger partial charge in [0.05, 0.1) is 5.29 Å². The van der Waals surface area contributed by atoms with Crippen molar-refractivity contribution in [1.82, 2.24) is 5.01 Å². The lowest BCUT2D eigenvalue weighted by atomic mass is 9.54. The first kappa shape index (κ1) is 10.1. The Morgan fingerprint density at radius 3 is 1.83 bits per heavy atom. The fraction of sp³-hybridized carbons (Fsp3) is 1.00. The summed E-state index contributed by atoms with van der Waals surface area (Å²) in [6.45, 7) is 0. The molecular weight excluding hydrogens is 167 g/mol. The molecule has 1 fully saturated rings. The number of thioether (sulfide) groups is 1. The van der Waals surface area contributed by atoms with Crippen LogP contribution in [0.25, 0.3) is 0 Å². The van der Waals surface area contributed by atoms with Gasteiger partial charge in [-0.3, -0.25) is 5.01 Å². The fourth-order valence-electron chi connectivity index (χ4n) is 1.71. The SMILES string of the molecule is BC1(B)CSCC(B)(B)N1N=O. The Labute approximate surface area is 81.0 Å². The maximum atomic E-state index is 10.7. The minimum atomic E-state index is -0.103. The highest BCUT2D eigenvalue weighted by Gasteiger charge is 2.41. The zero-order chi connectivity index (χ0) is 9.41. The lowest BCUT2D eigenvalue weighted by molar-refractivity contribution is 0.202. The van der Waals surface area contributed by atoms with E-state index < -0.39 is 0 Å². The molecule has 0 bridgehead atoms. The third-order valence-electron chi connectivity index (χ3n) is 2.14. The van der Waals surface area contributed by atoms with E-state index in [1.54, 1.807) is 5.01 Å². The van der Waals surface area contributed by atoms with Crippen LogP contribution in [0.4, 0.5) is 0 Å². The van der Waals surface area contributed by atoms with E-state index >= 15 is 0 Å². The first-order valence-electron chi connectivity index (χ1n) is 4.11. The molecule has 3 nitrogen and oxygen atoms in total. The number of nitroso groups, excluding NO2 is 1. The molecule has 0 spiro atoms. The Hall–Kier alpha value is 0.00974. The van der Waals surface area contributed by atoms with E-state index in [0.29, 0.717) is 0 Å². The molecular formula is C4H12B4N2OS. The summed E-state index contributed by atoms with van der Waals surface area (Å²) in [7, 11) is 8.23. The third kappa shape index (κ3) is 1.68. The Morgan fingerprint density at radius 1 is 1.17 bits per heavy atom. The monoisotopic (exact) mass is 180 g/mol. The number of rotatable bonds is 1. The van der Waals surface area contributed by atoms with Gasteiger partial charge in [0, 0.05) is 22.2 Å². The summed E-state index contributed by atoms with van der Waals surface area (Å²) in [6.07, 6.45) is 0. The van der Waals surface area contributed by atoms with E-state index in [2.05, 4.69) is 36.7 Å². The normalized spacial score (nSPS) is 26.5. The van der Waals surface area contributed by atoms with Crippen molar-refractivity contribution in [3.05, 3.63) is 4.91 Å². The molecule has 0 N–H and O–H groups in total. The Kier molecular flexibility index (Phi) is 2.57. The molecule has 1 rings (SSSR count). The maximum Gasteiger partial charge on any atom is 0.127 e. The molecule has 1 saturated heterocycles. The molecule has 0 aromatic carbocycles. The number of hydrogen-bond donors (Lipinski definition) is 0. The fourth-order valence-corrected chi connectivity index (χ4v) is 3.06. The molecule has 1 aliphatic rings. The summed E-state index contributed by atoms with van der Waals surface area (Å²) in [5.41, 5.74) is 0. The summed E-state index contributed by atoms with van der Waals surface area (Å²) >= 11 is 1.89. The van der Waals surface area contributed by atoms with Crippen LogP contribution >= 0.6 is 11.8 Å². The van der Waals surface area contributed by atoms with Gasteiger partial charge in [-0.2, -0.15) is 11.8 Å². The highest BCUT2D eigenvalue weighted by atomic mass is 32.2. The molecule has 0 atom stereocenters. The lowest BCUT2D eigenvalue weighted by Crippen LogP contribution is -2.65. The van der Waals surface area contributed by atoms with E-state index in [1.165, 1.54) is 0 Å². The van der Waals surface area contributed by atoms with Crippen LogP contribution < -0.4 is 0 Å². The Bertz CT molecular complexity index is 183. The largest absolute Gasteiger partial charge is 0.280 e. The van der Waals surface area contributed by atoms with Crippen molar-refractivity contribution in [1.29, 1.82) is 0 Å². The van der Waals surface area contributed by atoms with Gasteiger partial charge < -0.3 is 0 Å². The van der Waals surface area contributed by atoms with Gasteiger partial charge in [-0.15, -0.1) is 4.91 Å². The van der Waals surface area contributed by atoms with Crippen LogP contribution in [-0.4, -0.2) is 58.6 Å². The van der Waals surface area contributed by atoms with Crippen molar-refractivity contribution in [3.8, 4) is 0 Å². The summed E-state index contributed by atoms with van der Waals surface area (Å²) in [5, 5.41) is 4.61. The summed E-state index contributed by atoms with van der Waals surface area (Å²) in [6, 6.07) is 0. The molecule has 1 heterocycles. The van der Waals surface area contributed by atoms with E-state index in [0.717, 1.165) is 11.5 Å². The molecule has 8 heteroatoms. The van der Waals surface area contributed by atoms with E-state index in [1.807, 2.05) is 11.8 Å².